The second-order valence-corrected chi connectivity index (χ2v) is 3.20. The van der Waals surface area contributed by atoms with Crippen molar-refractivity contribution < 1.29 is 14.9 Å². The first kappa shape index (κ1) is 8.97. The summed E-state index contributed by atoms with van der Waals surface area (Å²) in [5, 5.41) is 19.2. The van der Waals surface area contributed by atoms with E-state index in [0.29, 0.717) is 25.7 Å². The maximum atomic E-state index is 9.58. The zero-order chi connectivity index (χ0) is 8.54. The second kappa shape index (κ2) is 2.73. The molecule has 0 radical (unpaired) electrons. The molecule has 2 atom stereocenters. The Labute approximate surface area is 67.0 Å². The monoisotopic (exact) mass is 160 g/mol. The van der Waals surface area contributed by atoms with E-state index in [1.165, 1.54) is 0 Å². The molecule has 0 aromatic rings. The predicted octanol–water partition coefficient (Wildman–Crippen LogP) is 0.994. The van der Waals surface area contributed by atoms with Crippen LogP contribution in [0.1, 0.15) is 39.5 Å². The van der Waals surface area contributed by atoms with Crippen molar-refractivity contribution in [3.8, 4) is 0 Å². The summed E-state index contributed by atoms with van der Waals surface area (Å²) < 4.78 is 5.15. The normalized spacial score (nSPS) is 44.7. The van der Waals surface area contributed by atoms with Crippen molar-refractivity contribution in [1.29, 1.82) is 0 Å². The van der Waals surface area contributed by atoms with E-state index in [1.807, 2.05) is 13.8 Å². The summed E-state index contributed by atoms with van der Waals surface area (Å²) in [6, 6.07) is 0. The van der Waals surface area contributed by atoms with E-state index in [2.05, 4.69) is 0 Å². The van der Waals surface area contributed by atoms with Gasteiger partial charge in [-0.2, -0.15) is 0 Å². The summed E-state index contributed by atoms with van der Waals surface area (Å²) in [5.74, 6) is -2.16. The van der Waals surface area contributed by atoms with E-state index in [1.54, 1.807) is 0 Å². The summed E-state index contributed by atoms with van der Waals surface area (Å²) in [6.07, 6.45) is 2.15. The maximum absolute atomic E-state index is 9.58. The quantitative estimate of drug-likeness (QED) is 0.633. The van der Waals surface area contributed by atoms with Gasteiger partial charge in [-0.1, -0.05) is 13.8 Å². The van der Waals surface area contributed by atoms with Crippen LogP contribution in [0.5, 0.6) is 0 Å². The lowest BCUT2D eigenvalue weighted by Gasteiger charge is -2.25. The van der Waals surface area contributed by atoms with Crippen molar-refractivity contribution in [1.82, 2.24) is 0 Å². The first-order valence-electron chi connectivity index (χ1n) is 4.18. The topological polar surface area (TPSA) is 49.7 Å². The summed E-state index contributed by atoms with van der Waals surface area (Å²) in [4.78, 5) is 0. The zero-order valence-electron chi connectivity index (χ0n) is 7.13. The molecule has 2 N–H and O–H groups in total. The molecule has 0 saturated carbocycles. The minimum Gasteiger partial charge on any atom is -0.365 e. The van der Waals surface area contributed by atoms with Gasteiger partial charge in [0.05, 0.1) is 0 Å². The molecule has 0 amide bonds. The molecule has 1 fully saturated rings. The van der Waals surface area contributed by atoms with Crippen LogP contribution in [0.2, 0.25) is 0 Å². The van der Waals surface area contributed by atoms with Gasteiger partial charge in [0.25, 0.3) is 0 Å². The van der Waals surface area contributed by atoms with Gasteiger partial charge in [-0.25, -0.2) is 0 Å². The van der Waals surface area contributed by atoms with E-state index >= 15 is 0 Å². The first-order chi connectivity index (χ1) is 5.04. The summed E-state index contributed by atoms with van der Waals surface area (Å²) in [5.41, 5.74) is 0. The molecule has 1 heterocycles. The molecule has 3 heteroatoms. The second-order valence-electron chi connectivity index (χ2n) is 3.20. The molecular weight excluding hydrogens is 144 g/mol. The highest BCUT2D eigenvalue weighted by Gasteiger charge is 2.44. The zero-order valence-corrected chi connectivity index (χ0v) is 7.13. The first-order valence-corrected chi connectivity index (χ1v) is 4.18. The van der Waals surface area contributed by atoms with Gasteiger partial charge in [0, 0.05) is 12.8 Å². The highest BCUT2D eigenvalue weighted by atomic mass is 16.7. The Bertz CT molecular complexity index is 132. The SMILES string of the molecule is CC[C@]1(O)CC[C@@](O)(CC)O1. The van der Waals surface area contributed by atoms with Crippen LogP contribution in [-0.2, 0) is 4.74 Å². The summed E-state index contributed by atoms with van der Waals surface area (Å²) in [6.45, 7) is 3.70. The van der Waals surface area contributed by atoms with Crippen LogP contribution >= 0.6 is 0 Å². The van der Waals surface area contributed by atoms with E-state index in [0.717, 1.165) is 0 Å². The minimum absolute atomic E-state index is 0.536. The minimum atomic E-state index is -1.08. The van der Waals surface area contributed by atoms with Gasteiger partial charge in [-0.15, -0.1) is 0 Å². The number of aliphatic hydroxyl groups is 2. The van der Waals surface area contributed by atoms with Crippen LogP contribution in [0.25, 0.3) is 0 Å². The average molecular weight is 160 g/mol. The Morgan fingerprint density at radius 3 is 1.64 bits per heavy atom. The van der Waals surface area contributed by atoms with E-state index in [-0.39, 0.29) is 0 Å². The van der Waals surface area contributed by atoms with Gasteiger partial charge >= 0.3 is 0 Å². The molecule has 1 rings (SSSR count). The van der Waals surface area contributed by atoms with Gasteiger partial charge < -0.3 is 14.9 Å². The van der Waals surface area contributed by atoms with Crippen molar-refractivity contribution in [3.05, 3.63) is 0 Å². The molecular formula is C8H16O3. The van der Waals surface area contributed by atoms with E-state index < -0.39 is 11.6 Å². The fourth-order valence-corrected chi connectivity index (χ4v) is 1.34. The largest absolute Gasteiger partial charge is 0.365 e. The lowest BCUT2D eigenvalue weighted by molar-refractivity contribution is -0.290. The number of hydrogen-bond donors (Lipinski definition) is 2. The third-order valence-electron chi connectivity index (χ3n) is 2.39. The van der Waals surface area contributed by atoms with Gasteiger partial charge in [0.1, 0.15) is 0 Å². The van der Waals surface area contributed by atoms with Crippen LogP contribution in [0.3, 0.4) is 0 Å². The predicted molar refractivity (Wildman–Crippen MR) is 40.8 cm³/mol. The third kappa shape index (κ3) is 1.72. The molecule has 0 aliphatic carbocycles. The Morgan fingerprint density at radius 1 is 1.09 bits per heavy atom. The van der Waals surface area contributed by atoms with Crippen LogP contribution in [0.15, 0.2) is 0 Å². The third-order valence-corrected chi connectivity index (χ3v) is 2.39. The van der Waals surface area contributed by atoms with Gasteiger partial charge in [0.15, 0.2) is 11.6 Å². The molecule has 11 heavy (non-hydrogen) atoms. The van der Waals surface area contributed by atoms with Crippen molar-refractivity contribution in [3.63, 3.8) is 0 Å². The van der Waals surface area contributed by atoms with Crippen molar-refractivity contribution in [2.45, 2.75) is 51.1 Å². The molecule has 0 aromatic heterocycles. The fraction of sp³-hybridized carbons (Fsp3) is 1.00. The lowest BCUT2D eigenvalue weighted by Crippen LogP contribution is -2.34. The summed E-state index contributed by atoms with van der Waals surface area (Å²) in [7, 11) is 0. The standard InChI is InChI=1S/C8H16O3/c1-3-7(9)5-6-8(10,4-2)11-7/h9-10H,3-6H2,1-2H3/t7-,8-/m1/s1. The number of hydrogen-bond acceptors (Lipinski definition) is 3. The molecule has 0 bridgehead atoms. The Kier molecular flexibility index (Phi) is 2.23. The van der Waals surface area contributed by atoms with Gasteiger partial charge in [0.2, 0.25) is 0 Å². The van der Waals surface area contributed by atoms with Crippen molar-refractivity contribution in [2.75, 3.05) is 0 Å². The van der Waals surface area contributed by atoms with Crippen LogP contribution in [0, 0.1) is 0 Å². The fourth-order valence-electron chi connectivity index (χ4n) is 1.34. The molecule has 0 spiro atoms. The van der Waals surface area contributed by atoms with Gasteiger partial charge in [-0.05, 0) is 12.8 Å². The molecule has 1 aliphatic rings. The van der Waals surface area contributed by atoms with E-state index in [9.17, 15) is 10.2 Å². The molecule has 66 valence electrons. The molecule has 0 unspecified atom stereocenters. The highest BCUT2D eigenvalue weighted by molar-refractivity contribution is 4.82. The van der Waals surface area contributed by atoms with Crippen molar-refractivity contribution in [2.24, 2.45) is 0 Å². The lowest BCUT2D eigenvalue weighted by atomic mass is 10.1. The maximum Gasteiger partial charge on any atom is 0.168 e. The van der Waals surface area contributed by atoms with Crippen LogP contribution in [-0.4, -0.2) is 21.8 Å². The number of rotatable bonds is 2. The van der Waals surface area contributed by atoms with Gasteiger partial charge in [-0.3, -0.25) is 0 Å². The molecule has 0 aromatic carbocycles. The number of ether oxygens (including phenoxy) is 1. The smallest absolute Gasteiger partial charge is 0.168 e. The Balaban J connectivity index is 2.58. The molecule has 3 nitrogen and oxygen atoms in total. The Morgan fingerprint density at radius 2 is 1.45 bits per heavy atom. The average Bonchev–Trinajstić information content (AvgIpc) is 2.30. The van der Waals surface area contributed by atoms with E-state index in [4.69, 9.17) is 4.74 Å². The molecule has 1 saturated heterocycles. The molecule has 1 aliphatic heterocycles. The van der Waals surface area contributed by atoms with Crippen molar-refractivity contribution >= 4 is 0 Å². The van der Waals surface area contributed by atoms with Crippen LogP contribution < -0.4 is 0 Å². The highest BCUT2D eigenvalue weighted by Crippen LogP contribution is 2.38. The summed E-state index contributed by atoms with van der Waals surface area (Å²) >= 11 is 0. The van der Waals surface area contributed by atoms with Crippen LogP contribution in [0.4, 0.5) is 0 Å². The Hall–Kier alpha value is -0.120.